The van der Waals surface area contributed by atoms with Crippen LogP contribution in [-0.2, 0) is 0 Å². The Morgan fingerprint density at radius 1 is 1.33 bits per heavy atom. The maximum atomic E-state index is 4.47. The summed E-state index contributed by atoms with van der Waals surface area (Å²) in [6, 6.07) is 3.89. The van der Waals surface area contributed by atoms with Crippen LogP contribution in [0.4, 0.5) is 5.95 Å². The largest absolute Gasteiger partial charge is 0.354 e. The molecule has 1 N–H and O–H groups in total. The monoisotopic (exact) mass is 245 g/mol. The summed E-state index contributed by atoms with van der Waals surface area (Å²) in [6.45, 7) is 9.15. The summed E-state index contributed by atoms with van der Waals surface area (Å²) in [5, 5.41) is 7.63. The molecule has 2 rings (SSSR count). The van der Waals surface area contributed by atoms with Crippen LogP contribution in [0.15, 0.2) is 18.3 Å². The summed E-state index contributed by atoms with van der Waals surface area (Å²) in [4.78, 5) is 8.68. The lowest BCUT2D eigenvalue weighted by Gasteiger charge is -2.09. The van der Waals surface area contributed by atoms with E-state index in [0.717, 1.165) is 23.8 Å². The Balaban J connectivity index is 2.24. The van der Waals surface area contributed by atoms with Crippen molar-refractivity contribution in [3.63, 3.8) is 0 Å². The number of nitrogens with zero attached hydrogens (tertiary/aromatic N) is 4. The number of anilines is 1. The van der Waals surface area contributed by atoms with Gasteiger partial charge in [-0.2, -0.15) is 10.1 Å². The van der Waals surface area contributed by atoms with Crippen LogP contribution in [-0.4, -0.2) is 26.3 Å². The van der Waals surface area contributed by atoms with Crippen molar-refractivity contribution in [3.8, 4) is 5.82 Å². The zero-order chi connectivity index (χ0) is 13.1. The number of aromatic nitrogens is 4. The number of aryl methyl sites for hydroxylation is 2. The van der Waals surface area contributed by atoms with Crippen molar-refractivity contribution in [2.24, 2.45) is 5.92 Å². The molecule has 0 amide bonds. The third-order valence-corrected chi connectivity index (χ3v) is 2.54. The third kappa shape index (κ3) is 2.85. The Morgan fingerprint density at radius 3 is 2.72 bits per heavy atom. The molecule has 96 valence electrons. The molecule has 0 unspecified atom stereocenters. The number of rotatable bonds is 4. The maximum absolute atomic E-state index is 4.47. The summed E-state index contributed by atoms with van der Waals surface area (Å²) in [6.07, 6.45) is 1.75. The average Bonchev–Trinajstić information content (AvgIpc) is 2.66. The molecule has 0 aliphatic heterocycles. The normalized spacial score (nSPS) is 10.9. The quantitative estimate of drug-likeness (QED) is 0.898. The molecular formula is C13H19N5. The Morgan fingerprint density at radius 2 is 2.11 bits per heavy atom. The molecule has 0 aliphatic carbocycles. The number of hydrogen-bond acceptors (Lipinski definition) is 4. The van der Waals surface area contributed by atoms with Gasteiger partial charge >= 0.3 is 0 Å². The Kier molecular flexibility index (Phi) is 3.60. The van der Waals surface area contributed by atoms with Gasteiger partial charge in [0, 0.05) is 24.5 Å². The third-order valence-electron chi connectivity index (χ3n) is 2.54. The van der Waals surface area contributed by atoms with Gasteiger partial charge in [-0.15, -0.1) is 0 Å². The van der Waals surface area contributed by atoms with Gasteiger partial charge in [-0.1, -0.05) is 13.8 Å². The highest BCUT2D eigenvalue weighted by Crippen LogP contribution is 2.10. The summed E-state index contributed by atoms with van der Waals surface area (Å²) in [5.74, 6) is 2.00. The summed E-state index contributed by atoms with van der Waals surface area (Å²) in [5.41, 5.74) is 2.06. The van der Waals surface area contributed by atoms with Gasteiger partial charge < -0.3 is 5.32 Å². The number of nitrogens with one attached hydrogen (secondary N) is 1. The summed E-state index contributed by atoms with van der Waals surface area (Å²) < 4.78 is 1.83. The second kappa shape index (κ2) is 5.16. The molecule has 2 heterocycles. The average molecular weight is 245 g/mol. The highest BCUT2D eigenvalue weighted by atomic mass is 15.3. The fourth-order valence-electron chi connectivity index (χ4n) is 1.71. The molecule has 2 aromatic heterocycles. The van der Waals surface area contributed by atoms with Crippen molar-refractivity contribution in [1.82, 2.24) is 19.7 Å². The van der Waals surface area contributed by atoms with Crippen molar-refractivity contribution in [2.45, 2.75) is 27.7 Å². The first-order chi connectivity index (χ1) is 8.56. The molecule has 0 radical (unpaired) electrons. The van der Waals surface area contributed by atoms with E-state index in [4.69, 9.17) is 0 Å². The SMILES string of the molecule is Cc1cc(C)n(-c2ccnc(NCC(C)C)n2)n1. The molecule has 0 aliphatic rings. The van der Waals surface area contributed by atoms with E-state index in [1.807, 2.05) is 30.7 Å². The van der Waals surface area contributed by atoms with E-state index in [-0.39, 0.29) is 0 Å². The lowest BCUT2D eigenvalue weighted by Crippen LogP contribution is -2.12. The van der Waals surface area contributed by atoms with Crippen LogP contribution in [0.2, 0.25) is 0 Å². The molecule has 0 saturated heterocycles. The second-order valence-corrected chi connectivity index (χ2v) is 4.85. The first-order valence-electron chi connectivity index (χ1n) is 6.17. The fourth-order valence-corrected chi connectivity index (χ4v) is 1.71. The van der Waals surface area contributed by atoms with E-state index < -0.39 is 0 Å². The molecule has 5 heteroatoms. The van der Waals surface area contributed by atoms with Gasteiger partial charge in [0.25, 0.3) is 0 Å². The zero-order valence-electron chi connectivity index (χ0n) is 11.3. The highest BCUT2D eigenvalue weighted by Gasteiger charge is 2.06. The van der Waals surface area contributed by atoms with Gasteiger partial charge in [-0.25, -0.2) is 9.67 Å². The van der Waals surface area contributed by atoms with Crippen LogP contribution in [0, 0.1) is 19.8 Å². The van der Waals surface area contributed by atoms with Crippen LogP contribution in [0.5, 0.6) is 0 Å². The maximum Gasteiger partial charge on any atom is 0.224 e. The summed E-state index contributed by atoms with van der Waals surface area (Å²) >= 11 is 0. The van der Waals surface area contributed by atoms with E-state index in [9.17, 15) is 0 Å². The molecule has 0 saturated carbocycles. The van der Waals surface area contributed by atoms with Gasteiger partial charge in [-0.3, -0.25) is 0 Å². The van der Waals surface area contributed by atoms with Gasteiger partial charge in [-0.05, 0) is 25.8 Å². The minimum atomic E-state index is 0.561. The van der Waals surface area contributed by atoms with Crippen molar-refractivity contribution in [1.29, 1.82) is 0 Å². The van der Waals surface area contributed by atoms with Crippen LogP contribution in [0.1, 0.15) is 25.2 Å². The minimum absolute atomic E-state index is 0.561. The van der Waals surface area contributed by atoms with Crippen molar-refractivity contribution >= 4 is 5.95 Å². The van der Waals surface area contributed by atoms with E-state index in [2.05, 4.69) is 34.2 Å². The van der Waals surface area contributed by atoms with E-state index >= 15 is 0 Å². The highest BCUT2D eigenvalue weighted by molar-refractivity contribution is 5.32. The molecule has 0 aromatic carbocycles. The van der Waals surface area contributed by atoms with E-state index in [1.54, 1.807) is 6.20 Å². The molecule has 0 fully saturated rings. The molecule has 0 bridgehead atoms. The van der Waals surface area contributed by atoms with Crippen LogP contribution in [0.25, 0.3) is 5.82 Å². The second-order valence-electron chi connectivity index (χ2n) is 4.85. The van der Waals surface area contributed by atoms with Crippen molar-refractivity contribution in [3.05, 3.63) is 29.7 Å². The topological polar surface area (TPSA) is 55.6 Å². The predicted octanol–water partition coefficient (Wildman–Crippen LogP) is 2.35. The summed E-state index contributed by atoms with van der Waals surface area (Å²) in [7, 11) is 0. The Labute approximate surface area is 107 Å². The fraction of sp³-hybridized carbons (Fsp3) is 0.462. The standard InChI is InChI=1S/C13H19N5/c1-9(2)8-15-13-14-6-5-12(16-13)18-11(4)7-10(3)17-18/h5-7,9H,8H2,1-4H3,(H,14,15,16). The lowest BCUT2D eigenvalue weighted by atomic mass is 10.2. The van der Waals surface area contributed by atoms with E-state index in [1.165, 1.54) is 0 Å². The first kappa shape index (κ1) is 12.5. The molecule has 5 nitrogen and oxygen atoms in total. The smallest absolute Gasteiger partial charge is 0.224 e. The van der Waals surface area contributed by atoms with E-state index in [0.29, 0.717) is 11.9 Å². The Bertz CT molecular complexity index is 530. The lowest BCUT2D eigenvalue weighted by molar-refractivity contribution is 0.683. The van der Waals surface area contributed by atoms with Crippen LogP contribution < -0.4 is 5.32 Å². The zero-order valence-corrected chi connectivity index (χ0v) is 11.3. The van der Waals surface area contributed by atoms with Gasteiger partial charge in [0.1, 0.15) is 0 Å². The molecule has 18 heavy (non-hydrogen) atoms. The first-order valence-corrected chi connectivity index (χ1v) is 6.17. The van der Waals surface area contributed by atoms with Crippen LogP contribution >= 0.6 is 0 Å². The van der Waals surface area contributed by atoms with Crippen LogP contribution in [0.3, 0.4) is 0 Å². The van der Waals surface area contributed by atoms with Crippen molar-refractivity contribution < 1.29 is 0 Å². The van der Waals surface area contributed by atoms with Gasteiger partial charge in [0.15, 0.2) is 5.82 Å². The molecule has 2 aromatic rings. The van der Waals surface area contributed by atoms with Gasteiger partial charge in [0.05, 0.1) is 5.69 Å². The molecule has 0 spiro atoms. The molecule has 0 atom stereocenters. The van der Waals surface area contributed by atoms with Gasteiger partial charge in [0.2, 0.25) is 5.95 Å². The predicted molar refractivity (Wildman–Crippen MR) is 72.0 cm³/mol. The van der Waals surface area contributed by atoms with Crippen molar-refractivity contribution in [2.75, 3.05) is 11.9 Å². The number of hydrogen-bond donors (Lipinski definition) is 1. The minimum Gasteiger partial charge on any atom is -0.354 e. The Hall–Kier alpha value is -1.91. The molecular weight excluding hydrogens is 226 g/mol.